The van der Waals surface area contributed by atoms with E-state index in [1.807, 2.05) is 0 Å². The van der Waals surface area contributed by atoms with Crippen LogP contribution in [0.4, 0.5) is 0 Å². The number of carboxylic acid groups (broad SMARTS) is 2. The van der Waals surface area contributed by atoms with Gasteiger partial charge in [-0.1, -0.05) is 24.0 Å². The van der Waals surface area contributed by atoms with Crippen LogP contribution in [0.1, 0.15) is 35.2 Å². The van der Waals surface area contributed by atoms with E-state index in [1.54, 1.807) is 24.3 Å². The van der Waals surface area contributed by atoms with Gasteiger partial charge in [-0.15, -0.1) is 0 Å². The van der Waals surface area contributed by atoms with Crippen LogP contribution in [-0.2, 0) is 9.59 Å². The molecule has 5 heteroatoms. The second-order valence-electron chi connectivity index (χ2n) is 3.77. The summed E-state index contributed by atoms with van der Waals surface area (Å²) >= 11 is 0. The summed E-state index contributed by atoms with van der Waals surface area (Å²) in [5, 5.41) is 16.9. The number of carbonyl (C=O) groups excluding carboxylic acids is 1. The van der Waals surface area contributed by atoms with Gasteiger partial charge in [0.1, 0.15) is 6.42 Å². The Labute approximate surface area is 109 Å². The number of hydrogen-bond donors (Lipinski definition) is 2. The van der Waals surface area contributed by atoms with Crippen LogP contribution in [0, 0.1) is 11.8 Å². The molecule has 0 saturated carbocycles. The van der Waals surface area contributed by atoms with Crippen molar-refractivity contribution < 1.29 is 24.6 Å². The Morgan fingerprint density at radius 2 is 1.58 bits per heavy atom. The van der Waals surface area contributed by atoms with Gasteiger partial charge in [0, 0.05) is 17.5 Å². The highest BCUT2D eigenvalue weighted by molar-refractivity contribution is 5.97. The van der Waals surface area contributed by atoms with Crippen molar-refractivity contribution in [2.45, 2.75) is 19.3 Å². The summed E-state index contributed by atoms with van der Waals surface area (Å²) in [6.07, 6.45) is -0.475. The van der Waals surface area contributed by atoms with E-state index in [1.165, 1.54) is 0 Å². The first-order valence-electron chi connectivity index (χ1n) is 5.55. The molecule has 0 aliphatic carbocycles. The molecule has 0 amide bonds. The molecule has 2 N–H and O–H groups in total. The number of rotatable bonds is 5. The Bertz CT molecular complexity index is 545. The zero-order valence-corrected chi connectivity index (χ0v) is 10.0. The zero-order chi connectivity index (χ0) is 14.3. The molecule has 0 fully saturated rings. The topological polar surface area (TPSA) is 91.7 Å². The van der Waals surface area contributed by atoms with E-state index in [4.69, 9.17) is 10.2 Å². The van der Waals surface area contributed by atoms with Gasteiger partial charge in [-0.25, -0.2) is 0 Å². The van der Waals surface area contributed by atoms with Crippen LogP contribution >= 0.6 is 0 Å². The number of carboxylic acids is 2. The lowest BCUT2D eigenvalue weighted by Gasteiger charge is -1.99. The zero-order valence-electron chi connectivity index (χ0n) is 10.0. The van der Waals surface area contributed by atoms with Gasteiger partial charge in [0.05, 0.1) is 6.42 Å². The van der Waals surface area contributed by atoms with Gasteiger partial charge < -0.3 is 10.2 Å². The standard InChI is InChI=1S/C14H12O5/c15-12(8-9-14(18)19)11-6-4-10(5-7-11)2-1-3-13(16)17/h4-7H,3,8-9H2,(H,16,17)(H,18,19). The number of hydrogen-bond acceptors (Lipinski definition) is 3. The summed E-state index contributed by atoms with van der Waals surface area (Å²) in [6.45, 7) is 0. The van der Waals surface area contributed by atoms with E-state index in [9.17, 15) is 14.4 Å². The molecular weight excluding hydrogens is 248 g/mol. The third-order valence-electron chi connectivity index (χ3n) is 2.25. The minimum Gasteiger partial charge on any atom is -0.481 e. The summed E-state index contributed by atoms with van der Waals surface area (Å²) < 4.78 is 0. The lowest BCUT2D eigenvalue weighted by Crippen LogP contribution is -2.03. The van der Waals surface area contributed by atoms with Crippen LogP contribution in [0.5, 0.6) is 0 Å². The third-order valence-corrected chi connectivity index (χ3v) is 2.25. The lowest BCUT2D eigenvalue weighted by molar-refractivity contribution is -0.137. The van der Waals surface area contributed by atoms with Crippen molar-refractivity contribution in [3.8, 4) is 11.8 Å². The van der Waals surface area contributed by atoms with Crippen molar-refractivity contribution in [1.82, 2.24) is 0 Å². The predicted molar refractivity (Wildman–Crippen MR) is 66.8 cm³/mol. The Hall–Kier alpha value is -2.61. The predicted octanol–water partition coefficient (Wildman–Crippen LogP) is 1.56. The molecular formula is C14H12O5. The van der Waals surface area contributed by atoms with E-state index in [0.717, 1.165) is 0 Å². The number of Topliss-reactive ketones (excluding diaryl/α,β-unsaturated/α-hetero) is 1. The molecule has 0 aliphatic heterocycles. The number of ketones is 1. The first kappa shape index (κ1) is 14.5. The minimum absolute atomic E-state index is 0.0423. The molecule has 0 spiro atoms. The molecule has 0 unspecified atom stereocenters. The third kappa shape index (κ3) is 5.50. The fraction of sp³-hybridized carbons (Fsp3) is 0.214. The summed E-state index contributed by atoms with van der Waals surface area (Å²) in [6, 6.07) is 6.30. The highest BCUT2D eigenvalue weighted by Crippen LogP contribution is 2.07. The summed E-state index contributed by atoms with van der Waals surface area (Å²) in [7, 11) is 0. The Morgan fingerprint density at radius 3 is 2.11 bits per heavy atom. The lowest BCUT2D eigenvalue weighted by atomic mass is 10.0. The number of carbonyl (C=O) groups is 3. The number of benzene rings is 1. The van der Waals surface area contributed by atoms with Crippen molar-refractivity contribution in [1.29, 1.82) is 0 Å². The van der Waals surface area contributed by atoms with E-state index in [2.05, 4.69) is 11.8 Å². The normalized spacial score (nSPS) is 9.26. The van der Waals surface area contributed by atoms with Crippen LogP contribution in [-0.4, -0.2) is 27.9 Å². The molecule has 0 heterocycles. The summed E-state index contributed by atoms with van der Waals surface area (Å²) in [5.41, 5.74) is 1.03. The number of aliphatic carboxylic acids is 2. The second-order valence-corrected chi connectivity index (χ2v) is 3.77. The Morgan fingerprint density at radius 1 is 0.947 bits per heavy atom. The fourth-order valence-electron chi connectivity index (χ4n) is 1.33. The van der Waals surface area contributed by atoms with Crippen molar-refractivity contribution in [2.24, 2.45) is 0 Å². The minimum atomic E-state index is -1.01. The molecule has 0 aliphatic rings. The molecule has 0 bridgehead atoms. The molecule has 5 nitrogen and oxygen atoms in total. The van der Waals surface area contributed by atoms with Gasteiger partial charge in [0.25, 0.3) is 0 Å². The van der Waals surface area contributed by atoms with Crippen molar-refractivity contribution in [3.05, 3.63) is 35.4 Å². The van der Waals surface area contributed by atoms with Gasteiger partial charge in [-0.3, -0.25) is 14.4 Å². The summed E-state index contributed by atoms with van der Waals surface area (Å²) in [4.78, 5) is 32.2. The van der Waals surface area contributed by atoms with Gasteiger partial charge in [-0.2, -0.15) is 0 Å². The van der Waals surface area contributed by atoms with E-state index >= 15 is 0 Å². The molecule has 1 aromatic carbocycles. The second kappa shape index (κ2) is 6.97. The van der Waals surface area contributed by atoms with Crippen molar-refractivity contribution in [2.75, 3.05) is 0 Å². The molecule has 98 valence electrons. The smallest absolute Gasteiger partial charge is 0.315 e. The highest BCUT2D eigenvalue weighted by atomic mass is 16.4. The van der Waals surface area contributed by atoms with Gasteiger partial charge in [0.15, 0.2) is 5.78 Å². The fourth-order valence-corrected chi connectivity index (χ4v) is 1.33. The van der Waals surface area contributed by atoms with Gasteiger partial charge in [0.2, 0.25) is 0 Å². The highest BCUT2D eigenvalue weighted by Gasteiger charge is 2.07. The Kier molecular flexibility index (Phi) is 5.30. The molecule has 1 aromatic rings. The van der Waals surface area contributed by atoms with Crippen LogP contribution < -0.4 is 0 Å². The van der Waals surface area contributed by atoms with Crippen LogP contribution in [0.15, 0.2) is 24.3 Å². The van der Waals surface area contributed by atoms with Crippen molar-refractivity contribution >= 4 is 17.7 Å². The van der Waals surface area contributed by atoms with E-state index in [0.29, 0.717) is 11.1 Å². The molecule has 1 rings (SSSR count). The van der Waals surface area contributed by atoms with Crippen LogP contribution in [0.25, 0.3) is 0 Å². The van der Waals surface area contributed by atoms with Gasteiger partial charge in [-0.05, 0) is 12.1 Å². The van der Waals surface area contributed by atoms with Gasteiger partial charge >= 0.3 is 11.9 Å². The maximum Gasteiger partial charge on any atom is 0.315 e. The monoisotopic (exact) mass is 260 g/mol. The van der Waals surface area contributed by atoms with E-state index in [-0.39, 0.29) is 25.0 Å². The average molecular weight is 260 g/mol. The maximum atomic E-state index is 11.6. The molecule has 0 atom stereocenters. The van der Waals surface area contributed by atoms with E-state index < -0.39 is 11.9 Å². The molecule has 0 saturated heterocycles. The first-order valence-corrected chi connectivity index (χ1v) is 5.55. The molecule has 0 aromatic heterocycles. The van der Waals surface area contributed by atoms with Crippen LogP contribution in [0.2, 0.25) is 0 Å². The SMILES string of the molecule is O=C(O)CC#Cc1ccc(C(=O)CCC(=O)O)cc1. The quantitative estimate of drug-likeness (QED) is 0.619. The summed E-state index contributed by atoms with van der Waals surface area (Å²) in [5.74, 6) is 2.89. The van der Waals surface area contributed by atoms with Crippen molar-refractivity contribution in [3.63, 3.8) is 0 Å². The Balaban J connectivity index is 2.64. The first-order chi connectivity index (χ1) is 8.99. The average Bonchev–Trinajstić information content (AvgIpc) is 2.36. The molecule has 19 heavy (non-hydrogen) atoms. The largest absolute Gasteiger partial charge is 0.481 e. The maximum absolute atomic E-state index is 11.6. The van der Waals surface area contributed by atoms with Crippen LogP contribution in [0.3, 0.4) is 0 Å². The molecule has 0 radical (unpaired) electrons.